The molecule has 2 N–H and O–H groups in total. The van der Waals surface area contributed by atoms with E-state index in [9.17, 15) is 0 Å². The summed E-state index contributed by atoms with van der Waals surface area (Å²) in [6.45, 7) is 4.61. The Hall–Kier alpha value is -1.30. The summed E-state index contributed by atoms with van der Waals surface area (Å²) in [5.41, 5.74) is 6.43. The van der Waals surface area contributed by atoms with Gasteiger partial charge in [0.1, 0.15) is 11.5 Å². The van der Waals surface area contributed by atoms with Gasteiger partial charge in [-0.15, -0.1) is 23.5 Å². The molecular formula is C22H29NO2S2. The first-order valence-corrected chi connectivity index (χ1v) is 11.5. The summed E-state index contributed by atoms with van der Waals surface area (Å²) in [5, 5.41) is 0. The number of rotatable bonds is 7. The standard InChI is InChI=1S/C22H29NO2S2/c1-15(2)16(13-26-20-10-6-4-8-18(20)24-3)12-17-14-27-21-11-7-5-9-19(21)25-22(17)23/h4-11,15-17,22H,12-14,23H2,1-3H3/t16-,17+,22?/m1/s1. The Morgan fingerprint density at radius 1 is 1.19 bits per heavy atom. The van der Waals surface area contributed by atoms with Gasteiger partial charge in [-0.25, -0.2) is 0 Å². The molecule has 0 aliphatic carbocycles. The van der Waals surface area contributed by atoms with Crippen LogP contribution in [0.1, 0.15) is 20.3 Å². The van der Waals surface area contributed by atoms with Gasteiger partial charge < -0.3 is 9.47 Å². The van der Waals surface area contributed by atoms with Crippen LogP contribution >= 0.6 is 23.5 Å². The summed E-state index contributed by atoms with van der Waals surface area (Å²) >= 11 is 3.74. The van der Waals surface area contributed by atoms with E-state index in [1.165, 1.54) is 9.79 Å². The number of hydrogen-bond acceptors (Lipinski definition) is 5. The maximum atomic E-state index is 6.43. The highest BCUT2D eigenvalue weighted by atomic mass is 32.2. The fourth-order valence-electron chi connectivity index (χ4n) is 3.26. The third-order valence-corrected chi connectivity index (χ3v) is 7.59. The van der Waals surface area contributed by atoms with Crippen LogP contribution in [0.5, 0.6) is 11.5 Å². The molecule has 0 spiro atoms. The average Bonchev–Trinajstić information content (AvgIpc) is 2.83. The van der Waals surface area contributed by atoms with Gasteiger partial charge in [0.05, 0.1) is 7.11 Å². The number of para-hydroxylation sites is 2. The molecule has 1 heterocycles. The van der Waals surface area contributed by atoms with Crippen molar-refractivity contribution in [2.45, 2.75) is 36.3 Å². The van der Waals surface area contributed by atoms with Gasteiger partial charge >= 0.3 is 0 Å². The zero-order valence-corrected chi connectivity index (χ0v) is 17.9. The Morgan fingerprint density at radius 3 is 2.70 bits per heavy atom. The summed E-state index contributed by atoms with van der Waals surface area (Å²) in [6.07, 6.45) is 0.820. The van der Waals surface area contributed by atoms with E-state index in [-0.39, 0.29) is 6.23 Å². The van der Waals surface area contributed by atoms with Crippen molar-refractivity contribution < 1.29 is 9.47 Å². The Balaban J connectivity index is 1.64. The third-order valence-electron chi connectivity index (χ3n) is 5.10. The average molecular weight is 404 g/mol. The second kappa shape index (κ2) is 9.76. The van der Waals surface area contributed by atoms with Crippen LogP contribution < -0.4 is 15.2 Å². The monoisotopic (exact) mass is 403 g/mol. The predicted molar refractivity (Wildman–Crippen MR) is 116 cm³/mol. The van der Waals surface area contributed by atoms with Crippen molar-refractivity contribution >= 4 is 23.5 Å². The molecule has 0 bridgehead atoms. The molecule has 2 aromatic rings. The Labute approximate surface area is 171 Å². The Bertz CT molecular complexity index is 738. The van der Waals surface area contributed by atoms with Gasteiger partial charge in [-0.3, -0.25) is 5.73 Å². The van der Waals surface area contributed by atoms with E-state index in [2.05, 4.69) is 38.1 Å². The molecule has 0 fully saturated rings. The van der Waals surface area contributed by atoms with Gasteiger partial charge in [0.25, 0.3) is 0 Å². The number of hydrogen-bond donors (Lipinski definition) is 1. The van der Waals surface area contributed by atoms with E-state index < -0.39 is 0 Å². The lowest BCUT2D eigenvalue weighted by molar-refractivity contribution is 0.130. The van der Waals surface area contributed by atoms with Crippen LogP contribution in [0.2, 0.25) is 0 Å². The predicted octanol–water partition coefficient (Wildman–Crippen LogP) is 5.54. The van der Waals surface area contributed by atoms with Crippen LogP contribution in [0.3, 0.4) is 0 Å². The highest BCUT2D eigenvalue weighted by Crippen LogP contribution is 2.39. The number of methoxy groups -OCH3 is 1. The smallest absolute Gasteiger partial charge is 0.151 e. The quantitative estimate of drug-likeness (QED) is 0.615. The van der Waals surface area contributed by atoms with E-state index in [1.807, 2.05) is 47.8 Å². The molecule has 3 nitrogen and oxygen atoms in total. The van der Waals surface area contributed by atoms with Crippen molar-refractivity contribution in [3.05, 3.63) is 48.5 Å². The number of nitrogens with two attached hydrogens (primary N) is 1. The fraction of sp³-hybridized carbons (Fsp3) is 0.455. The summed E-state index contributed by atoms with van der Waals surface area (Å²) in [4.78, 5) is 2.40. The first-order chi connectivity index (χ1) is 13.1. The lowest BCUT2D eigenvalue weighted by Gasteiger charge is -2.28. The molecule has 1 unspecified atom stereocenters. The Morgan fingerprint density at radius 2 is 1.93 bits per heavy atom. The molecule has 146 valence electrons. The highest BCUT2D eigenvalue weighted by Gasteiger charge is 2.29. The number of benzene rings is 2. The second-order valence-electron chi connectivity index (χ2n) is 7.30. The van der Waals surface area contributed by atoms with Gasteiger partial charge in [-0.2, -0.15) is 0 Å². The molecular weight excluding hydrogens is 374 g/mol. The molecule has 3 atom stereocenters. The Kier molecular flexibility index (Phi) is 7.39. The fourth-order valence-corrected chi connectivity index (χ4v) is 5.80. The van der Waals surface area contributed by atoms with Crippen molar-refractivity contribution in [3.8, 4) is 11.5 Å². The highest BCUT2D eigenvalue weighted by molar-refractivity contribution is 7.99. The lowest BCUT2D eigenvalue weighted by Crippen LogP contribution is -2.38. The summed E-state index contributed by atoms with van der Waals surface area (Å²) in [7, 11) is 1.73. The molecule has 1 aliphatic rings. The van der Waals surface area contributed by atoms with Gasteiger partial charge in [0.2, 0.25) is 0 Å². The zero-order chi connectivity index (χ0) is 19.2. The minimum Gasteiger partial charge on any atom is -0.496 e. The van der Waals surface area contributed by atoms with Crippen LogP contribution in [0, 0.1) is 17.8 Å². The molecule has 0 amide bonds. The molecule has 27 heavy (non-hydrogen) atoms. The van der Waals surface area contributed by atoms with Crippen molar-refractivity contribution in [1.29, 1.82) is 0 Å². The van der Waals surface area contributed by atoms with Crippen molar-refractivity contribution in [2.75, 3.05) is 18.6 Å². The van der Waals surface area contributed by atoms with Crippen LogP contribution in [0.25, 0.3) is 0 Å². The first kappa shape index (κ1) is 20.4. The van der Waals surface area contributed by atoms with E-state index in [1.54, 1.807) is 7.11 Å². The molecule has 0 radical (unpaired) electrons. The molecule has 0 saturated heterocycles. The topological polar surface area (TPSA) is 44.5 Å². The number of thioether (sulfide) groups is 2. The van der Waals surface area contributed by atoms with Gasteiger partial charge in [0, 0.05) is 27.2 Å². The molecule has 2 aromatic carbocycles. The molecule has 5 heteroatoms. The zero-order valence-electron chi connectivity index (χ0n) is 16.3. The number of fused-ring (bicyclic) bond motifs is 1. The lowest BCUT2D eigenvalue weighted by atomic mass is 9.87. The van der Waals surface area contributed by atoms with Gasteiger partial charge in [-0.05, 0) is 42.5 Å². The van der Waals surface area contributed by atoms with Crippen LogP contribution in [-0.2, 0) is 0 Å². The van der Waals surface area contributed by atoms with Crippen LogP contribution in [-0.4, -0.2) is 24.8 Å². The van der Waals surface area contributed by atoms with Crippen molar-refractivity contribution in [2.24, 2.45) is 23.5 Å². The minimum absolute atomic E-state index is 0.251. The maximum absolute atomic E-state index is 6.43. The molecule has 3 rings (SSSR count). The van der Waals surface area contributed by atoms with Crippen molar-refractivity contribution in [1.82, 2.24) is 0 Å². The maximum Gasteiger partial charge on any atom is 0.151 e. The third kappa shape index (κ3) is 5.37. The first-order valence-electron chi connectivity index (χ1n) is 9.48. The van der Waals surface area contributed by atoms with E-state index >= 15 is 0 Å². The van der Waals surface area contributed by atoms with Crippen molar-refractivity contribution in [3.63, 3.8) is 0 Å². The normalized spacial score (nSPS) is 20.5. The SMILES string of the molecule is COc1ccccc1SC[C@@H](C[C@H]1CSc2ccccc2OC1N)C(C)C. The van der Waals surface area contributed by atoms with E-state index in [0.717, 1.165) is 29.4 Å². The number of ether oxygens (including phenoxy) is 2. The summed E-state index contributed by atoms with van der Waals surface area (Å²) in [5.74, 6) is 5.43. The summed E-state index contributed by atoms with van der Waals surface area (Å²) in [6, 6.07) is 16.4. The largest absolute Gasteiger partial charge is 0.496 e. The van der Waals surface area contributed by atoms with Gasteiger partial charge in [-0.1, -0.05) is 38.1 Å². The molecule has 0 saturated carbocycles. The van der Waals surface area contributed by atoms with E-state index in [4.69, 9.17) is 15.2 Å². The van der Waals surface area contributed by atoms with Gasteiger partial charge in [0.15, 0.2) is 6.23 Å². The van der Waals surface area contributed by atoms with Crippen LogP contribution in [0.4, 0.5) is 0 Å². The second-order valence-corrected chi connectivity index (χ2v) is 9.43. The molecule has 1 aliphatic heterocycles. The van der Waals surface area contributed by atoms with Crippen LogP contribution in [0.15, 0.2) is 58.3 Å². The summed E-state index contributed by atoms with van der Waals surface area (Å²) < 4.78 is 11.6. The van der Waals surface area contributed by atoms with E-state index in [0.29, 0.717) is 17.8 Å². The minimum atomic E-state index is -0.251. The molecule has 0 aromatic heterocycles.